The zero-order valence-electron chi connectivity index (χ0n) is 15.8. The fourth-order valence-electron chi connectivity index (χ4n) is 3.04. The van der Waals surface area contributed by atoms with Gasteiger partial charge < -0.3 is 0 Å². The van der Waals surface area contributed by atoms with Crippen molar-refractivity contribution in [3.63, 3.8) is 0 Å². The third kappa shape index (κ3) is 3.49. The van der Waals surface area contributed by atoms with Crippen molar-refractivity contribution in [2.75, 3.05) is 10.4 Å². The molecular formula is C21H13ClN6O2S. The first-order valence-corrected chi connectivity index (χ1v) is 10.4. The van der Waals surface area contributed by atoms with Crippen molar-refractivity contribution in [2.24, 2.45) is 5.10 Å². The summed E-state index contributed by atoms with van der Waals surface area (Å²) in [5.41, 5.74) is 3.69. The number of Topliss-reactive ketones (excluding diaryl/α,β-unsaturated/α-hetero) is 1. The molecule has 0 atom stereocenters. The molecule has 2 aromatic carbocycles. The van der Waals surface area contributed by atoms with Crippen LogP contribution in [-0.2, 0) is 0 Å². The van der Waals surface area contributed by atoms with Crippen LogP contribution in [0.2, 0.25) is 5.02 Å². The molecule has 1 aliphatic rings. The van der Waals surface area contributed by atoms with E-state index in [0.717, 1.165) is 0 Å². The first-order chi connectivity index (χ1) is 15.1. The largest absolute Gasteiger partial charge is 0.300 e. The van der Waals surface area contributed by atoms with Crippen LogP contribution in [0, 0.1) is 0 Å². The van der Waals surface area contributed by atoms with E-state index in [0.29, 0.717) is 21.2 Å². The Kier molecular flexibility index (Phi) is 4.81. The van der Waals surface area contributed by atoms with Gasteiger partial charge in [0, 0.05) is 10.6 Å². The second-order valence-electron chi connectivity index (χ2n) is 6.51. The minimum Gasteiger partial charge on any atom is -0.284 e. The van der Waals surface area contributed by atoms with Gasteiger partial charge in [-0.05, 0) is 35.7 Å². The monoisotopic (exact) mass is 448 g/mol. The van der Waals surface area contributed by atoms with Crippen molar-refractivity contribution in [3.8, 4) is 11.3 Å². The van der Waals surface area contributed by atoms with E-state index in [4.69, 9.17) is 11.6 Å². The van der Waals surface area contributed by atoms with Gasteiger partial charge in [-0.1, -0.05) is 48.0 Å². The molecule has 0 amide bonds. The van der Waals surface area contributed by atoms with Crippen LogP contribution in [0.15, 0.2) is 82.0 Å². The smallest absolute Gasteiger partial charge is 0.284 e. The molecule has 0 saturated carbocycles. The van der Waals surface area contributed by atoms with E-state index in [9.17, 15) is 9.59 Å². The summed E-state index contributed by atoms with van der Waals surface area (Å²) >= 11 is 7.30. The Morgan fingerprint density at radius 3 is 2.45 bits per heavy atom. The molecule has 0 unspecified atom stereocenters. The highest BCUT2D eigenvalue weighted by Gasteiger charge is 2.29. The number of ketones is 1. The topological polar surface area (TPSA) is 92.5 Å². The summed E-state index contributed by atoms with van der Waals surface area (Å²) in [4.78, 5) is 26.8. The summed E-state index contributed by atoms with van der Waals surface area (Å²) in [5.74, 6) is -0.238. The molecule has 31 heavy (non-hydrogen) atoms. The number of hydrazone groups is 1. The fraction of sp³-hybridized carbons (Fsp3) is 0. The van der Waals surface area contributed by atoms with E-state index >= 15 is 0 Å². The van der Waals surface area contributed by atoms with E-state index < -0.39 is 5.56 Å². The average Bonchev–Trinajstić information content (AvgIpc) is 3.34. The molecular weight excluding hydrogens is 436 g/mol. The number of thiophene rings is 1. The maximum atomic E-state index is 13.3. The Labute approximate surface area is 185 Å². The Balaban J connectivity index is 1.67. The highest BCUT2D eigenvalue weighted by molar-refractivity contribution is 7.13. The van der Waals surface area contributed by atoms with Crippen molar-refractivity contribution in [3.05, 3.63) is 92.4 Å². The molecule has 2 aromatic heterocycles. The number of nitrogens with one attached hydrogen (secondary N) is 1. The van der Waals surface area contributed by atoms with Crippen molar-refractivity contribution in [1.82, 2.24) is 14.9 Å². The number of hydrogen-bond acceptors (Lipinski definition) is 8. The first kappa shape index (κ1) is 19.2. The summed E-state index contributed by atoms with van der Waals surface area (Å²) < 4.78 is 1.18. The van der Waals surface area contributed by atoms with Gasteiger partial charge in [-0.3, -0.25) is 15.0 Å². The lowest BCUT2D eigenvalue weighted by Crippen LogP contribution is -2.45. The van der Waals surface area contributed by atoms with Gasteiger partial charge in [0.25, 0.3) is 5.95 Å². The maximum absolute atomic E-state index is 13.3. The molecule has 0 aliphatic carbocycles. The molecule has 152 valence electrons. The standard InChI is InChI=1S/C21H13ClN6O2S/c22-14-8-10-15(11-9-14)27-21-24-23-17(13-5-2-1-3-6-13)20(30)28(21)26-19(25-27)18(29)16-7-4-12-31-16/h1-12H,(H,25,26). The molecule has 1 N–H and O–H groups in total. The fourth-order valence-corrected chi connectivity index (χ4v) is 3.83. The predicted octanol–water partition coefficient (Wildman–Crippen LogP) is 3.91. The summed E-state index contributed by atoms with van der Waals surface area (Å²) in [5, 5.41) is 16.5. The number of carbonyl (C=O) groups is 1. The number of fused-ring (bicyclic) bond motifs is 1. The van der Waals surface area contributed by atoms with Gasteiger partial charge in [-0.15, -0.1) is 26.6 Å². The lowest BCUT2D eigenvalue weighted by atomic mass is 10.2. The van der Waals surface area contributed by atoms with E-state index in [1.165, 1.54) is 21.0 Å². The van der Waals surface area contributed by atoms with Gasteiger partial charge >= 0.3 is 5.56 Å². The Morgan fingerprint density at radius 1 is 0.968 bits per heavy atom. The number of anilines is 2. The van der Waals surface area contributed by atoms with E-state index in [-0.39, 0.29) is 23.3 Å². The van der Waals surface area contributed by atoms with Gasteiger partial charge in [0.15, 0.2) is 5.69 Å². The van der Waals surface area contributed by atoms with Gasteiger partial charge in [0.1, 0.15) is 0 Å². The molecule has 4 aromatic rings. The van der Waals surface area contributed by atoms with Crippen molar-refractivity contribution in [1.29, 1.82) is 0 Å². The van der Waals surface area contributed by atoms with Crippen LogP contribution in [0.4, 0.5) is 11.6 Å². The number of nitrogens with zero attached hydrogens (tertiary/aromatic N) is 5. The molecule has 0 fully saturated rings. The van der Waals surface area contributed by atoms with E-state index in [1.807, 2.05) is 6.07 Å². The highest BCUT2D eigenvalue weighted by Crippen LogP contribution is 2.27. The number of hydrogen-bond donors (Lipinski definition) is 1. The lowest BCUT2D eigenvalue weighted by Gasteiger charge is -2.27. The van der Waals surface area contributed by atoms with Crippen LogP contribution in [0.1, 0.15) is 9.67 Å². The third-order valence-corrected chi connectivity index (χ3v) is 5.65. The molecule has 5 rings (SSSR count). The summed E-state index contributed by atoms with van der Waals surface area (Å²) in [6, 6.07) is 19.3. The number of rotatable bonds is 4. The third-order valence-electron chi connectivity index (χ3n) is 4.53. The molecule has 8 nitrogen and oxygen atoms in total. The number of aromatic nitrogens is 3. The second kappa shape index (κ2) is 7.78. The molecule has 0 spiro atoms. The summed E-state index contributed by atoms with van der Waals surface area (Å²) in [6.07, 6.45) is 0. The van der Waals surface area contributed by atoms with Crippen LogP contribution >= 0.6 is 22.9 Å². The van der Waals surface area contributed by atoms with Gasteiger partial charge in [0.05, 0.1) is 10.6 Å². The Hall–Kier alpha value is -3.82. The lowest BCUT2D eigenvalue weighted by molar-refractivity contribution is 0.106. The van der Waals surface area contributed by atoms with E-state index in [1.54, 1.807) is 66.0 Å². The summed E-state index contributed by atoms with van der Waals surface area (Å²) in [7, 11) is 0. The average molecular weight is 449 g/mol. The van der Waals surface area contributed by atoms with Crippen LogP contribution in [-0.4, -0.2) is 26.5 Å². The van der Waals surface area contributed by atoms with Gasteiger partial charge in [-0.25, -0.2) is 0 Å². The molecule has 0 saturated heterocycles. The van der Waals surface area contributed by atoms with Crippen molar-refractivity contribution < 1.29 is 4.79 Å². The number of benzene rings is 2. The van der Waals surface area contributed by atoms with Crippen molar-refractivity contribution >= 4 is 46.2 Å². The first-order valence-electron chi connectivity index (χ1n) is 9.16. The molecule has 3 heterocycles. The SMILES string of the molecule is O=C(C1=NN(c2ccc(Cl)cc2)c2nnc(-c3ccccc3)c(=O)n2N1)c1cccs1. The zero-order valence-corrected chi connectivity index (χ0v) is 17.3. The highest BCUT2D eigenvalue weighted by atomic mass is 35.5. The van der Waals surface area contributed by atoms with E-state index in [2.05, 4.69) is 20.7 Å². The van der Waals surface area contributed by atoms with Gasteiger partial charge in [-0.2, -0.15) is 9.69 Å². The Morgan fingerprint density at radius 2 is 1.74 bits per heavy atom. The molecule has 0 bridgehead atoms. The predicted molar refractivity (Wildman–Crippen MR) is 121 cm³/mol. The molecule has 1 aliphatic heterocycles. The second-order valence-corrected chi connectivity index (χ2v) is 7.89. The van der Waals surface area contributed by atoms with Crippen LogP contribution in [0.3, 0.4) is 0 Å². The van der Waals surface area contributed by atoms with Crippen LogP contribution in [0.25, 0.3) is 11.3 Å². The number of amidine groups is 1. The maximum Gasteiger partial charge on any atom is 0.300 e. The number of carbonyl (C=O) groups excluding carboxylic acids is 1. The summed E-state index contributed by atoms with van der Waals surface area (Å²) in [6.45, 7) is 0. The number of halogens is 1. The molecule has 10 heteroatoms. The van der Waals surface area contributed by atoms with Crippen LogP contribution < -0.4 is 16.0 Å². The zero-order chi connectivity index (χ0) is 21.4. The minimum atomic E-state index is -0.457. The van der Waals surface area contributed by atoms with Crippen molar-refractivity contribution in [2.45, 2.75) is 0 Å². The quantitative estimate of drug-likeness (QED) is 0.476. The normalized spacial score (nSPS) is 12.7. The minimum absolute atomic E-state index is 0.0148. The molecule has 0 radical (unpaired) electrons. The van der Waals surface area contributed by atoms with Crippen LogP contribution in [0.5, 0.6) is 0 Å². The van der Waals surface area contributed by atoms with Gasteiger partial charge in [0.2, 0.25) is 11.6 Å². The Bertz CT molecular complexity index is 1350.